The molecule has 1 atom stereocenters. The van der Waals surface area contributed by atoms with Gasteiger partial charge in [-0.3, -0.25) is 4.79 Å². The fraction of sp³-hybridized carbons (Fsp3) is 0.533. The minimum Gasteiger partial charge on any atom is -0.299 e. The van der Waals surface area contributed by atoms with Crippen molar-refractivity contribution >= 4 is 5.78 Å². The lowest BCUT2D eigenvalue weighted by Gasteiger charge is -2.47. The van der Waals surface area contributed by atoms with Crippen LogP contribution in [-0.2, 0) is 4.79 Å². The van der Waals surface area contributed by atoms with E-state index in [1.807, 2.05) is 0 Å². The minimum absolute atomic E-state index is 0.156. The summed E-state index contributed by atoms with van der Waals surface area (Å²) in [6, 6.07) is 8.46. The second-order valence-corrected chi connectivity index (χ2v) is 5.06. The van der Waals surface area contributed by atoms with E-state index in [2.05, 4.69) is 45.0 Å². The molecule has 2 rings (SSSR count). The first kappa shape index (κ1) is 11.4. The quantitative estimate of drug-likeness (QED) is 0.750. The van der Waals surface area contributed by atoms with E-state index in [0.29, 0.717) is 5.78 Å². The van der Waals surface area contributed by atoms with Crippen LogP contribution in [0.5, 0.6) is 0 Å². The third-order valence-electron chi connectivity index (χ3n) is 4.28. The van der Waals surface area contributed by atoms with Crippen molar-refractivity contribution in [3.63, 3.8) is 0 Å². The molecule has 1 aromatic rings. The Morgan fingerprint density at radius 2 is 1.75 bits per heavy atom. The zero-order valence-electron chi connectivity index (χ0n) is 10.4. The first-order chi connectivity index (χ1) is 7.63. The van der Waals surface area contributed by atoms with Crippen LogP contribution in [0.2, 0.25) is 0 Å². The predicted octanol–water partition coefficient (Wildman–Crippen LogP) is 3.86. The summed E-state index contributed by atoms with van der Waals surface area (Å²) in [6.07, 6.45) is 2.99. The number of carbonyl (C=O) groups is 1. The van der Waals surface area contributed by atoms with Crippen LogP contribution in [-0.4, -0.2) is 5.78 Å². The van der Waals surface area contributed by atoms with Crippen molar-refractivity contribution in [3.8, 4) is 0 Å². The van der Waals surface area contributed by atoms with Gasteiger partial charge in [-0.2, -0.15) is 0 Å². The van der Waals surface area contributed by atoms with Gasteiger partial charge < -0.3 is 0 Å². The average Bonchev–Trinajstić information content (AvgIpc) is 2.28. The summed E-state index contributed by atoms with van der Waals surface area (Å²) >= 11 is 0. The Morgan fingerprint density at radius 1 is 1.19 bits per heavy atom. The summed E-state index contributed by atoms with van der Waals surface area (Å²) in [6.45, 7) is 6.49. The maximum Gasteiger partial charge on any atom is 0.141 e. The largest absolute Gasteiger partial charge is 0.299 e. The molecule has 1 aliphatic rings. The Balaban J connectivity index is 2.32. The molecule has 0 spiro atoms. The predicted molar refractivity (Wildman–Crippen MR) is 66.6 cm³/mol. The highest BCUT2D eigenvalue weighted by Gasteiger charge is 2.51. The van der Waals surface area contributed by atoms with Crippen LogP contribution in [0.15, 0.2) is 24.3 Å². The summed E-state index contributed by atoms with van der Waals surface area (Å²) in [5, 5.41) is 0. The number of benzene rings is 1. The Kier molecular flexibility index (Phi) is 2.88. The molecule has 1 saturated carbocycles. The molecule has 86 valence electrons. The van der Waals surface area contributed by atoms with E-state index in [9.17, 15) is 4.79 Å². The van der Waals surface area contributed by atoms with Crippen molar-refractivity contribution in [1.82, 2.24) is 0 Å². The number of Topliss-reactive ketones (excluding diaryl/α,β-unsaturated/α-hetero) is 1. The summed E-state index contributed by atoms with van der Waals surface area (Å²) in [7, 11) is 0. The molecule has 1 heteroatoms. The molecule has 0 radical (unpaired) electrons. The molecule has 1 fully saturated rings. The smallest absolute Gasteiger partial charge is 0.141 e. The number of aryl methyl sites for hydroxylation is 1. The minimum atomic E-state index is 0.156. The number of carbonyl (C=O) groups excluding carboxylic acids is 1. The first-order valence-electron chi connectivity index (χ1n) is 6.22. The molecule has 0 amide bonds. The lowest BCUT2D eigenvalue weighted by atomic mass is 9.54. The van der Waals surface area contributed by atoms with E-state index in [1.54, 1.807) is 0 Å². The molecular weight excluding hydrogens is 196 g/mol. The van der Waals surface area contributed by atoms with Gasteiger partial charge in [-0.25, -0.2) is 0 Å². The topological polar surface area (TPSA) is 17.1 Å². The summed E-state index contributed by atoms with van der Waals surface area (Å²) < 4.78 is 0. The van der Waals surface area contributed by atoms with Gasteiger partial charge >= 0.3 is 0 Å². The zero-order valence-corrected chi connectivity index (χ0v) is 10.4. The van der Waals surface area contributed by atoms with Crippen LogP contribution in [0.1, 0.15) is 50.2 Å². The summed E-state index contributed by atoms with van der Waals surface area (Å²) in [4.78, 5) is 11.8. The highest BCUT2D eigenvalue weighted by Crippen LogP contribution is 2.54. The zero-order chi connectivity index (χ0) is 11.8. The van der Waals surface area contributed by atoms with Crippen LogP contribution in [0, 0.1) is 12.3 Å². The summed E-state index contributed by atoms with van der Waals surface area (Å²) in [5.74, 6) is 0.579. The van der Waals surface area contributed by atoms with Gasteiger partial charge in [-0.1, -0.05) is 43.7 Å². The Labute approximate surface area is 97.9 Å². The van der Waals surface area contributed by atoms with Crippen molar-refractivity contribution in [1.29, 1.82) is 0 Å². The highest BCUT2D eigenvalue weighted by atomic mass is 16.1. The maximum absolute atomic E-state index is 11.8. The standard InChI is InChI=1S/C15H20O/c1-4-15(5-2)10-13(16)14(15)12-8-6-11(3)7-9-12/h6-9,14H,4-5,10H2,1-3H3. The van der Waals surface area contributed by atoms with Crippen molar-refractivity contribution in [2.24, 2.45) is 5.41 Å². The third-order valence-corrected chi connectivity index (χ3v) is 4.28. The molecule has 1 unspecified atom stereocenters. The van der Waals surface area contributed by atoms with Gasteiger partial charge in [-0.05, 0) is 30.7 Å². The van der Waals surface area contributed by atoms with Crippen molar-refractivity contribution in [2.45, 2.75) is 46.0 Å². The SMILES string of the molecule is CCC1(CC)CC(=O)C1c1ccc(C)cc1. The lowest BCUT2D eigenvalue weighted by Crippen LogP contribution is -2.45. The third kappa shape index (κ3) is 1.59. The monoisotopic (exact) mass is 216 g/mol. The van der Waals surface area contributed by atoms with Crippen LogP contribution in [0.25, 0.3) is 0 Å². The van der Waals surface area contributed by atoms with E-state index in [4.69, 9.17) is 0 Å². The van der Waals surface area contributed by atoms with Gasteiger partial charge in [0.2, 0.25) is 0 Å². The van der Waals surface area contributed by atoms with Crippen molar-refractivity contribution in [3.05, 3.63) is 35.4 Å². The van der Waals surface area contributed by atoms with Crippen LogP contribution in [0.3, 0.4) is 0 Å². The summed E-state index contributed by atoms with van der Waals surface area (Å²) in [5.41, 5.74) is 2.71. The second kappa shape index (κ2) is 4.04. The molecule has 0 heterocycles. The van der Waals surface area contributed by atoms with E-state index in [1.165, 1.54) is 11.1 Å². The van der Waals surface area contributed by atoms with E-state index >= 15 is 0 Å². The molecule has 16 heavy (non-hydrogen) atoms. The fourth-order valence-electron chi connectivity index (χ4n) is 2.97. The van der Waals surface area contributed by atoms with Crippen LogP contribution >= 0.6 is 0 Å². The van der Waals surface area contributed by atoms with Gasteiger partial charge in [0.25, 0.3) is 0 Å². The molecule has 0 saturated heterocycles. The van der Waals surface area contributed by atoms with Crippen molar-refractivity contribution in [2.75, 3.05) is 0 Å². The molecule has 0 aliphatic heterocycles. The van der Waals surface area contributed by atoms with E-state index < -0.39 is 0 Å². The average molecular weight is 216 g/mol. The van der Waals surface area contributed by atoms with Crippen molar-refractivity contribution < 1.29 is 4.79 Å². The van der Waals surface area contributed by atoms with E-state index in [0.717, 1.165) is 19.3 Å². The van der Waals surface area contributed by atoms with Crippen LogP contribution < -0.4 is 0 Å². The number of rotatable bonds is 3. The van der Waals surface area contributed by atoms with Gasteiger partial charge in [0.1, 0.15) is 5.78 Å². The number of ketones is 1. The molecule has 1 nitrogen and oxygen atoms in total. The van der Waals surface area contributed by atoms with Gasteiger partial charge in [0, 0.05) is 12.3 Å². The van der Waals surface area contributed by atoms with Gasteiger partial charge in [0.15, 0.2) is 0 Å². The molecule has 0 bridgehead atoms. The first-order valence-corrected chi connectivity index (χ1v) is 6.22. The molecule has 0 aromatic heterocycles. The Bertz CT molecular complexity index is 384. The molecular formula is C15H20O. The molecule has 0 N–H and O–H groups in total. The Morgan fingerprint density at radius 3 is 2.19 bits per heavy atom. The lowest BCUT2D eigenvalue weighted by molar-refractivity contribution is -0.137. The van der Waals surface area contributed by atoms with E-state index in [-0.39, 0.29) is 11.3 Å². The normalized spacial score (nSPS) is 22.9. The number of hydrogen-bond donors (Lipinski definition) is 0. The Hall–Kier alpha value is -1.11. The number of hydrogen-bond acceptors (Lipinski definition) is 1. The van der Waals surface area contributed by atoms with Crippen LogP contribution in [0.4, 0.5) is 0 Å². The second-order valence-electron chi connectivity index (χ2n) is 5.06. The fourth-order valence-corrected chi connectivity index (χ4v) is 2.97. The maximum atomic E-state index is 11.8. The van der Waals surface area contributed by atoms with Gasteiger partial charge in [0.05, 0.1) is 0 Å². The molecule has 1 aliphatic carbocycles. The highest BCUT2D eigenvalue weighted by molar-refractivity contribution is 5.93. The van der Waals surface area contributed by atoms with Gasteiger partial charge in [-0.15, -0.1) is 0 Å². The molecule has 1 aromatic carbocycles.